The van der Waals surface area contributed by atoms with Gasteiger partial charge >= 0.3 is 0 Å². The molecule has 1 fully saturated rings. The Hall–Kier alpha value is -1.35. The van der Waals surface area contributed by atoms with E-state index in [1.165, 1.54) is 23.9 Å². The molecule has 2 heterocycles. The van der Waals surface area contributed by atoms with Crippen LogP contribution < -0.4 is 5.32 Å². The van der Waals surface area contributed by atoms with E-state index in [-0.39, 0.29) is 0 Å². The topological polar surface area (TPSA) is 40.7 Å². The third-order valence-electron chi connectivity index (χ3n) is 3.24. The number of hydrogen-bond acceptors (Lipinski definition) is 2. The molecule has 1 saturated heterocycles. The zero-order valence-electron chi connectivity index (χ0n) is 10.7. The fourth-order valence-electron chi connectivity index (χ4n) is 2.40. The molecule has 0 saturated carbocycles. The molecule has 1 aliphatic heterocycles. The maximum Gasteiger partial charge on any atom is 0.0923 e. The highest BCUT2D eigenvalue weighted by Gasteiger charge is 2.18. The first-order valence-electron chi connectivity index (χ1n) is 6.59. The highest BCUT2D eigenvalue weighted by molar-refractivity contribution is 5.81. The lowest BCUT2D eigenvalue weighted by Crippen LogP contribution is -2.26. The van der Waals surface area contributed by atoms with Crippen LogP contribution in [0.2, 0.25) is 0 Å². The molecule has 0 radical (unpaired) electrons. The van der Waals surface area contributed by atoms with Gasteiger partial charge in [-0.1, -0.05) is 32.0 Å². The minimum absolute atomic E-state index is 0.652. The molecule has 0 unspecified atom stereocenters. The van der Waals surface area contributed by atoms with E-state index in [9.17, 15) is 0 Å². The summed E-state index contributed by atoms with van der Waals surface area (Å²) in [5, 5.41) is 12.2. The monoisotopic (exact) mass is 231 g/mol. The van der Waals surface area contributed by atoms with Crippen LogP contribution in [0.1, 0.15) is 38.3 Å². The van der Waals surface area contributed by atoms with Crippen LogP contribution in [-0.2, 0) is 0 Å². The van der Waals surface area contributed by atoms with E-state index in [2.05, 4.69) is 33.7 Å². The number of piperidine rings is 1. The third kappa shape index (κ3) is 2.50. The standard InChI is InChI=1S/C12H15N3.C2H6/c1-2-4-11-10(3-1)12(15-14-11)9-5-7-13-8-6-9;1-2/h1-4,9,13H,5-8H2,(H,14,15);1-2H3. The fourth-order valence-corrected chi connectivity index (χ4v) is 2.40. The second kappa shape index (κ2) is 5.82. The van der Waals surface area contributed by atoms with Gasteiger partial charge in [0.25, 0.3) is 0 Å². The number of H-pyrrole nitrogens is 1. The summed E-state index contributed by atoms with van der Waals surface area (Å²) in [5.41, 5.74) is 2.41. The van der Waals surface area contributed by atoms with Crippen LogP contribution in [-0.4, -0.2) is 23.3 Å². The molecular formula is C14H21N3. The van der Waals surface area contributed by atoms with Crippen molar-refractivity contribution in [2.45, 2.75) is 32.6 Å². The van der Waals surface area contributed by atoms with Gasteiger partial charge in [0.1, 0.15) is 0 Å². The molecule has 3 nitrogen and oxygen atoms in total. The van der Waals surface area contributed by atoms with Crippen molar-refractivity contribution in [3.05, 3.63) is 30.0 Å². The van der Waals surface area contributed by atoms with Crippen molar-refractivity contribution in [3.63, 3.8) is 0 Å². The number of fused-ring (bicyclic) bond motifs is 1. The van der Waals surface area contributed by atoms with E-state index < -0.39 is 0 Å². The average Bonchev–Trinajstić information content (AvgIpc) is 2.86. The van der Waals surface area contributed by atoms with Crippen molar-refractivity contribution >= 4 is 10.9 Å². The van der Waals surface area contributed by atoms with E-state index in [1.54, 1.807) is 0 Å². The summed E-state index contributed by atoms with van der Waals surface area (Å²) in [4.78, 5) is 0. The van der Waals surface area contributed by atoms with E-state index in [0.29, 0.717) is 5.92 Å². The largest absolute Gasteiger partial charge is 0.317 e. The molecule has 0 atom stereocenters. The normalized spacial score (nSPS) is 16.6. The Bertz CT molecular complexity index is 455. The highest BCUT2D eigenvalue weighted by atomic mass is 15.1. The predicted octanol–water partition coefficient (Wildman–Crippen LogP) is 3.06. The van der Waals surface area contributed by atoms with Crippen molar-refractivity contribution in [3.8, 4) is 0 Å². The van der Waals surface area contributed by atoms with Gasteiger partial charge < -0.3 is 5.32 Å². The van der Waals surface area contributed by atoms with Crippen molar-refractivity contribution < 1.29 is 0 Å². The summed E-state index contributed by atoms with van der Waals surface area (Å²) in [6.07, 6.45) is 2.43. The van der Waals surface area contributed by atoms with Crippen molar-refractivity contribution in [1.82, 2.24) is 15.5 Å². The molecule has 3 heteroatoms. The SMILES string of the molecule is CC.c1ccc2c(C3CCNCC3)[nH]nc2c1. The van der Waals surface area contributed by atoms with E-state index in [0.717, 1.165) is 18.6 Å². The molecular weight excluding hydrogens is 210 g/mol. The van der Waals surface area contributed by atoms with Crippen LogP contribution in [0.5, 0.6) is 0 Å². The maximum absolute atomic E-state index is 4.35. The lowest BCUT2D eigenvalue weighted by molar-refractivity contribution is 0.454. The Kier molecular flexibility index (Phi) is 4.15. The molecule has 17 heavy (non-hydrogen) atoms. The number of nitrogens with zero attached hydrogens (tertiary/aromatic N) is 1. The summed E-state index contributed by atoms with van der Waals surface area (Å²) >= 11 is 0. The van der Waals surface area contributed by atoms with Gasteiger partial charge in [0.15, 0.2) is 0 Å². The van der Waals surface area contributed by atoms with Crippen molar-refractivity contribution in [2.24, 2.45) is 0 Å². The first kappa shape index (κ1) is 12.1. The highest BCUT2D eigenvalue weighted by Crippen LogP contribution is 2.28. The van der Waals surface area contributed by atoms with E-state index in [1.807, 2.05) is 19.9 Å². The molecule has 1 aromatic heterocycles. The Morgan fingerprint density at radius 2 is 1.82 bits per heavy atom. The molecule has 0 bridgehead atoms. The number of rotatable bonds is 1. The Morgan fingerprint density at radius 3 is 2.59 bits per heavy atom. The molecule has 2 aromatic rings. The van der Waals surface area contributed by atoms with Gasteiger partial charge in [-0.15, -0.1) is 0 Å². The number of hydrogen-bond donors (Lipinski definition) is 2. The van der Waals surface area contributed by atoms with E-state index in [4.69, 9.17) is 0 Å². The molecule has 0 amide bonds. The van der Waals surface area contributed by atoms with Crippen LogP contribution in [0.25, 0.3) is 10.9 Å². The van der Waals surface area contributed by atoms with Crippen LogP contribution in [0, 0.1) is 0 Å². The summed E-state index contributed by atoms with van der Waals surface area (Å²) in [7, 11) is 0. The van der Waals surface area contributed by atoms with Gasteiger partial charge in [-0.3, -0.25) is 5.10 Å². The molecule has 92 valence electrons. The molecule has 1 aliphatic rings. The third-order valence-corrected chi connectivity index (χ3v) is 3.24. The first-order valence-corrected chi connectivity index (χ1v) is 6.59. The van der Waals surface area contributed by atoms with Crippen LogP contribution in [0.4, 0.5) is 0 Å². The number of benzene rings is 1. The van der Waals surface area contributed by atoms with Gasteiger partial charge in [0.05, 0.1) is 5.52 Å². The van der Waals surface area contributed by atoms with Crippen molar-refractivity contribution in [1.29, 1.82) is 0 Å². The second-order valence-electron chi connectivity index (χ2n) is 4.18. The number of para-hydroxylation sites is 1. The van der Waals surface area contributed by atoms with E-state index >= 15 is 0 Å². The number of aromatic nitrogens is 2. The molecule has 2 N–H and O–H groups in total. The Balaban J connectivity index is 0.000000514. The zero-order chi connectivity index (χ0) is 12.1. The first-order chi connectivity index (χ1) is 8.45. The zero-order valence-corrected chi connectivity index (χ0v) is 10.7. The average molecular weight is 231 g/mol. The fraction of sp³-hybridized carbons (Fsp3) is 0.500. The summed E-state index contributed by atoms with van der Waals surface area (Å²) in [6.45, 7) is 6.25. The van der Waals surface area contributed by atoms with Gasteiger partial charge in [-0.05, 0) is 32.0 Å². The van der Waals surface area contributed by atoms with Gasteiger partial charge in [0.2, 0.25) is 0 Å². The Morgan fingerprint density at radius 1 is 1.12 bits per heavy atom. The summed E-state index contributed by atoms with van der Waals surface area (Å²) in [6, 6.07) is 8.35. The van der Waals surface area contributed by atoms with Gasteiger partial charge in [-0.25, -0.2) is 0 Å². The predicted molar refractivity (Wildman–Crippen MR) is 72.3 cm³/mol. The van der Waals surface area contributed by atoms with Crippen LogP contribution >= 0.6 is 0 Å². The smallest absolute Gasteiger partial charge is 0.0923 e. The number of aromatic amines is 1. The molecule has 1 aromatic carbocycles. The number of nitrogens with one attached hydrogen (secondary N) is 2. The quantitative estimate of drug-likeness (QED) is 0.792. The van der Waals surface area contributed by atoms with Gasteiger partial charge in [-0.2, -0.15) is 5.10 Å². The minimum atomic E-state index is 0.652. The molecule has 0 aliphatic carbocycles. The molecule has 0 spiro atoms. The second-order valence-corrected chi connectivity index (χ2v) is 4.18. The minimum Gasteiger partial charge on any atom is -0.317 e. The lowest BCUT2D eigenvalue weighted by Gasteiger charge is -2.21. The molecule has 3 rings (SSSR count). The van der Waals surface area contributed by atoms with Gasteiger partial charge in [0, 0.05) is 17.0 Å². The summed E-state index contributed by atoms with van der Waals surface area (Å²) in [5.74, 6) is 0.652. The summed E-state index contributed by atoms with van der Waals surface area (Å²) < 4.78 is 0. The lowest BCUT2D eigenvalue weighted by atomic mass is 9.93. The van der Waals surface area contributed by atoms with Crippen LogP contribution in [0.3, 0.4) is 0 Å². The van der Waals surface area contributed by atoms with Crippen molar-refractivity contribution in [2.75, 3.05) is 13.1 Å². The Labute approximate surface area is 103 Å². The maximum atomic E-state index is 4.35. The van der Waals surface area contributed by atoms with Crippen LogP contribution in [0.15, 0.2) is 24.3 Å².